The van der Waals surface area contributed by atoms with Crippen LogP contribution in [0.1, 0.15) is 49.8 Å². The minimum Gasteiger partial charge on any atom is -0.453 e. The van der Waals surface area contributed by atoms with E-state index in [0.717, 1.165) is 16.7 Å². The number of nitrogens with two attached hydrogens (primary N) is 1. The van der Waals surface area contributed by atoms with Crippen LogP contribution in [0.4, 0.5) is 15.3 Å². The number of benzene rings is 3. The molecule has 0 bridgehead atoms. The van der Waals surface area contributed by atoms with E-state index in [-0.39, 0.29) is 13.2 Å². The lowest BCUT2D eigenvalue weighted by Crippen LogP contribution is -2.59. The largest absolute Gasteiger partial charge is 0.453 e. The number of carbonyl (C=O) groups excluding carboxylic acids is 4. The molecule has 5 N–H and O–H groups in total. The number of ether oxygens (including phenoxy) is 3. The van der Waals surface area contributed by atoms with Crippen LogP contribution in [0.25, 0.3) is 0 Å². The minimum absolute atomic E-state index is 0.0490. The number of hydrogen-bond acceptors (Lipinski definition) is 8. The van der Waals surface area contributed by atoms with Crippen molar-refractivity contribution in [1.29, 1.82) is 0 Å². The zero-order valence-electron chi connectivity index (χ0n) is 27.1. The smallest absolute Gasteiger partial charge is 0.411 e. The van der Waals surface area contributed by atoms with Gasteiger partial charge < -0.3 is 24.8 Å². The fourth-order valence-electron chi connectivity index (χ4n) is 5.50. The molecule has 3 aromatic carbocycles. The molecule has 4 rings (SSSR count). The predicted octanol–water partition coefficient (Wildman–Crippen LogP) is 4.11. The van der Waals surface area contributed by atoms with Gasteiger partial charge in [0, 0.05) is 11.6 Å². The molecule has 3 aromatic rings. The third-order valence-electron chi connectivity index (χ3n) is 7.74. The second kappa shape index (κ2) is 16.1. The number of morpholine rings is 1. The molecule has 12 nitrogen and oxygen atoms in total. The van der Waals surface area contributed by atoms with Gasteiger partial charge >= 0.3 is 12.2 Å². The van der Waals surface area contributed by atoms with Gasteiger partial charge in [0.25, 0.3) is 5.91 Å². The SMILES string of the molecule is COC(=O)N[C@H](C(=O)Nc1ccccc1CC[C@@H]1CN(C(=O)OC(C)(C)C)[C@H](C(=O)NN)CO1)C(c1ccccc1)c1ccccc1. The normalized spacial score (nSPS) is 16.9. The van der Waals surface area contributed by atoms with E-state index in [1.165, 1.54) is 12.0 Å². The number of hydrogen-bond donors (Lipinski definition) is 4. The van der Waals surface area contributed by atoms with Crippen molar-refractivity contribution >= 4 is 29.7 Å². The molecule has 47 heavy (non-hydrogen) atoms. The highest BCUT2D eigenvalue weighted by molar-refractivity contribution is 5.98. The monoisotopic (exact) mass is 645 g/mol. The number of nitrogens with one attached hydrogen (secondary N) is 3. The number of methoxy groups -OCH3 is 1. The summed E-state index contributed by atoms with van der Waals surface area (Å²) in [6, 6.07) is 24.4. The lowest BCUT2D eigenvalue weighted by Gasteiger charge is -2.39. The molecule has 1 heterocycles. The Kier molecular flexibility index (Phi) is 11.9. The Morgan fingerprint density at radius 2 is 1.53 bits per heavy atom. The lowest BCUT2D eigenvalue weighted by atomic mass is 9.84. The van der Waals surface area contributed by atoms with Crippen molar-refractivity contribution in [2.24, 2.45) is 5.84 Å². The summed E-state index contributed by atoms with van der Waals surface area (Å²) in [4.78, 5) is 53.3. The van der Waals surface area contributed by atoms with Crippen LogP contribution >= 0.6 is 0 Å². The molecule has 3 atom stereocenters. The van der Waals surface area contributed by atoms with Gasteiger partial charge in [0.15, 0.2) is 0 Å². The molecular weight excluding hydrogens is 602 g/mol. The fourth-order valence-corrected chi connectivity index (χ4v) is 5.50. The topological polar surface area (TPSA) is 161 Å². The van der Waals surface area contributed by atoms with E-state index in [1.54, 1.807) is 26.8 Å². The number of alkyl carbamates (subject to hydrolysis) is 1. The van der Waals surface area contributed by atoms with E-state index in [2.05, 4.69) is 16.1 Å². The highest BCUT2D eigenvalue weighted by Gasteiger charge is 2.39. The first-order valence-corrected chi connectivity index (χ1v) is 15.5. The molecule has 0 radical (unpaired) electrons. The van der Waals surface area contributed by atoms with Crippen LogP contribution in [0, 0.1) is 0 Å². The third kappa shape index (κ3) is 9.53. The van der Waals surface area contributed by atoms with Gasteiger partial charge in [-0.2, -0.15) is 0 Å². The number of amides is 4. The number of para-hydroxylation sites is 1. The third-order valence-corrected chi connectivity index (χ3v) is 7.74. The van der Waals surface area contributed by atoms with Crippen molar-refractivity contribution in [3.63, 3.8) is 0 Å². The number of carbonyl (C=O) groups is 4. The Morgan fingerprint density at radius 1 is 0.936 bits per heavy atom. The van der Waals surface area contributed by atoms with Crippen molar-refractivity contribution < 1.29 is 33.4 Å². The summed E-state index contributed by atoms with van der Waals surface area (Å²) in [7, 11) is 1.25. The van der Waals surface area contributed by atoms with E-state index < -0.39 is 53.7 Å². The van der Waals surface area contributed by atoms with Gasteiger partial charge in [0.2, 0.25) is 5.91 Å². The molecule has 4 amide bonds. The highest BCUT2D eigenvalue weighted by Crippen LogP contribution is 2.30. The van der Waals surface area contributed by atoms with Crippen LogP contribution in [0.15, 0.2) is 84.9 Å². The van der Waals surface area contributed by atoms with Crippen molar-refractivity contribution in [3.05, 3.63) is 102 Å². The van der Waals surface area contributed by atoms with Gasteiger partial charge in [0.1, 0.15) is 17.7 Å². The van der Waals surface area contributed by atoms with Gasteiger partial charge in [-0.1, -0.05) is 78.9 Å². The second-order valence-electron chi connectivity index (χ2n) is 12.2. The molecule has 0 aliphatic carbocycles. The Hall–Kier alpha value is -4.94. The average molecular weight is 646 g/mol. The second-order valence-corrected chi connectivity index (χ2v) is 12.2. The van der Waals surface area contributed by atoms with Gasteiger partial charge in [0.05, 0.1) is 26.4 Å². The summed E-state index contributed by atoms with van der Waals surface area (Å²) in [5.41, 5.74) is 4.40. The average Bonchev–Trinajstić information content (AvgIpc) is 3.07. The number of nitrogens with zero attached hydrogens (tertiary/aromatic N) is 1. The van der Waals surface area contributed by atoms with Crippen LogP contribution in [0.2, 0.25) is 0 Å². The van der Waals surface area contributed by atoms with Crippen LogP contribution in [-0.4, -0.2) is 73.0 Å². The molecule has 250 valence electrons. The number of rotatable bonds is 10. The first kappa shape index (κ1) is 34.9. The number of aryl methyl sites for hydroxylation is 1. The molecule has 0 unspecified atom stereocenters. The zero-order chi connectivity index (χ0) is 34.0. The van der Waals surface area contributed by atoms with Crippen molar-refractivity contribution in [2.75, 3.05) is 25.6 Å². The van der Waals surface area contributed by atoms with E-state index in [1.807, 2.05) is 78.9 Å². The summed E-state index contributed by atoms with van der Waals surface area (Å²) in [5, 5.41) is 5.78. The zero-order valence-corrected chi connectivity index (χ0v) is 27.1. The lowest BCUT2D eigenvalue weighted by molar-refractivity contribution is -0.136. The van der Waals surface area contributed by atoms with Gasteiger partial charge in [-0.25, -0.2) is 15.4 Å². The van der Waals surface area contributed by atoms with E-state index in [9.17, 15) is 19.2 Å². The Labute approximate surface area is 274 Å². The van der Waals surface area contributed by atoms with Gasteiger partial charge in [-0.05, 0) is 56.4 Å². The van der Waals surface area contributed by atoms with Crippen LogP contribution in [0.5, 0.6) is 0 Å². The van der Waals surface area contributed by atoms with Crippen molar-refractivity contribution in [2.45, 2.75) is 63.3 Å². The number of hydrazine groups is 1. The molecule has 12 heteroatoms. The molecule has 1 aliphatic heterocycles. The molecule has 1 saturated heterocycles. The standard InChI is InChI=1S/C35H43N5O7/c1-35(2,3)47-34(44)40-21-26(46-22-28(40)31(41)39-36)20-19-23-13-11-12-18-27(23)37-32(42)30(38-33(43)45-4)29(24-14-7-5-8-15-24)25-16-9-6-10-17-25/h5-18,26,28-30H,19-22,36H2,1-4H3,(H,37,42)(H,38,43)(H,39,41)/t26-,28+,30+/m1/s1. The molecule has 1 aliphatic rings. The Balaban J connectivity index is 1.54. The van der Waals surface area contributed by atoms with Crippen molar-refractivity contribution in [3.8, 4) is 0 Å². The number of anilines is 1. The van der Waals surface area contributed by atoms with E-state index in [4.69, 9.17) is 20.1 Å². The summed E-state index contributed by atoms with van der Waals surface area (Å²) >= 11 is 0. The summed E-state index contributed by atoms with van der Waals surface area (Å²) < 4.78 is 16.4. The molecule has 1 fully saturated rings. The summed E-state index contributed by atoms with van der Waals surface area (Å²) in [6.45, 7) is 5.31. The van der Waals surface area contributed by atoms with Crippen LogP contribution < -0.4 is 21.9 Å². The Morgan fingerprint density at radius 3 is 2.11 bits per heavy atom. The fraction of sp³-hybridized carbons (Fsp3) is 0.371. The molecular formula is C35H43N5O7. The van der Waals surface area contributed by atoms with Crippen LogP contribution in [-0.2, 0) is 30.2 Å². The molecule has 0 aromatic heterocycles. The summed E-state index contributed by atoms with van der Waals surface area (Å²) in [5.74, 6) is 3.86. The quantitative estimate of drug-likeness (QED) is 0.146. The molecule has 0 spiro atoms. The van der Waals surface area contributed by atoms with Gasteiger partial charge in [-0.15, -0.1) is 0 Å². The summed E-state index contributed by atoms with van der Waals surface area (Å²) in [6.07, 6.45) is -0.831. The minimum atomic E-state index is -1.02. The maximum absolute atomic E-state index is 14.1. The first-order valence-electron chi connectivity index (χ1n) is 15.5. The van der Waals surface area contributed by atoms with Crippen LogP contribution in [0.3, 0.4) is 0 Å². The van der Waals surface area contributed by atoms with E-state index in [0.29, 0.717) is 18.5 Å². The Bertz CT molecular complexity index is 1470. The molecule has 0 saturated carbocycles. The highest BCUT2D eigenvalue weighted by atomic mass is 16.6. The van der Waals surface area contributed by atoms with Crippen molar-refractivity contribution in [1.82, 2.24) is 15.6 Å². The first-order chi connectivity index (χ1) is 22.5. The van der Waals surface area contributed by atoms with Gasteiger partial charge in [-0.3, -0.25) is 19.9 Å². The maximum atomic E-state index is 14.1. The predicted molar refractivity (Wildman–Crippen MR) is 176 cm³/mol. The van der Waals surface area contributed by atoms with E-state index >= 15 is 0 Å². The maximum Gasteiger partial charge on any atom is 0.411 e.